The summed E-state index contributed by atoms with van der Waals surface area (Å²) in [4.78, 5) is 0. The Hall–Kier alpha value is -1.81. The Morgan fingerprint density at radius 2 is 1.64 bits per heavy atom. The minimum Gasteiger partial charge on any atom is -0.491 e. The highest BCUT2D eigenvalue weighted by Crippen LogP contribution is 2.07. The Kier molecular flexibility index (Phi) is 14.3. The van der Waals surface area contributed by atoms with Gasteiger partial charge in [-0.2, -0.15) is 0 Å². The van der Waals surface area contributed by atoms with Gasteiger partial charge in [-0.25, -0.2) is 0 Å². The van der Waals surface area contributed by atoms with Crippen LogP contribution in [-0.2, 0) is 11.2 Å². The van der Waals surface area contributed by atoms with Gasteiger partial charge in [-0.3, -0.25) is 0 Å². The number of hydrogen-bond acceptors (Lipinski definition) is 4. The van der Waals surface area contributed by atoms with Gasteiger partial charge in [-0.05, 0) is 12.1 Å². The largest absolute Gasteiger partial charge is 0.491 e. The van der Waals surface area contributed by atoms with Gasteiger partial charge in [0.15, 0.2) is 0 Å². The topological polar surface area (TPSA) is 44.5 Å². The molecule has 2 aromatic rings. The van der Waals surface area contributed by atoms with E-state index in [9.17, 15) is 0 Å². The van der Waals surface area contributed by atoms with Crippen molar-refractivity contribution in [2.24, 2.45) is 0 Å². The van der Waals surface area contributed by atoms with Crippen molar-refractivity contribution in [3.8, 4) is 5.75 Å². The molecule has 0 saturated carbocycles. The van der Waals surface area contributed by atoms with E-state index < -0.39 is 0 Å². The number of para-hydroxylation sites is 1. The van der Waals surface area contributed by atoms with Crippen LogP contribution in [0, 0.1) is 0 Å². The monoisotopic (exact) mass is 307 g/mol. The van der Waals surface area contributed by atoms with Crippen molar-refractivity contribution in [2.75, 3.05) is 19.8 Å². The number of ether oxygens (including phenoxy) is 2. The summed E-state index contributed by atoms with van der Waals surface area (Å²) in [6, 6.07) is 11.5. The fourth-order valence-corrected chi connectivity index (χ4v) is 1.38. The maximum Gasteiger partial charge on any atom is 0.124 e. The predicted octanol–water partition coefficient (Wildman–Crippen LogP) is 4.76. The minimum atomic E-state index is 0.558. The molecule has 1 aromatic carbocycles. The molecule has 0 aliphatic heterocycles. The molecule has 0 unspecified atom stereocenters. The molecule has 0 fully saturated rings. The van der Waals surface area contributed by atoms with Gasteiger partial charge < -0.3 is 14.0 Å². The SMILES string of the molecule is CC.CCC.c1ccc(OCCOCCc2ccon2)cc1. The van der Waals surface area contributed by atoms with Crippen LogP contribution < -0.4 is 4.74 Å². The molecule has 4 nitrogen and oxygen atoms in total. The molecule has 0 spiro atoms. The lowest BCUT2D eigenvalue weighted by atomic mass is 10.3. The van der Waals surface area contributed by atoms with E-state index in [-0.39, 0.29) is 0 Å². The second kappa shape index (κ2) is 15.6. The Balaban J connectivity index is 0.000000789. The maximum atomic E-state index is 5.48. The van der Waals surface area contributed by atoms with E-state index >= 15 is 0 Å². The van der Waals surface area contributed by atoms with Crippen molar-refractivity contribution in [2.45, 2.75) is 40.5 Å². The van der Waals surface area contributed by atoms with Gasteiger partial charge in [0.1, 0.15) is 18.6 Å². The highest BCUT2D eigenvalue weighted by atomic mass is 16.5. The van der Waals surface area contributed by atoms with Crippen molar-refractivity contribution in [3.05, 3.63) is 48.4 Å². The molecule has 0 aliphatic carbocycles. The number of hydrogen-bond donors (Lipinski definition) is 0. The molecule has 0 aliphatic rings. The smallest absolute Gasteiger partial charge is 0.124 e. The van der Waals surface area contributed by atoms with Gasteiger partial charge in [0.2, 0.25) is 0 Å². The van der Waals surface area contributed by atoms with Crippen molar-refractivity contribution in [1.82, 2.24) is 5.16 Å². The third kappa shape index (κ3) is 10.9. The van der Waals surface area contributed by atoms with Gasteiger partial charge in [-0.15, -0.1) is 0 Å². The third-order valence-electron chi connectivity index (χ3n) is 2.23. The fourth-order valence-electron chi connectivity index (χ4n) is 1.38. The second-order valence-corrected chi connectivity index (χ2v) is 4.22. The lowest BCUT2D eigenvalue weighted by Gasteiger charge is -2.06. The van der Waals surface area contributed by atoms with Crippen LogP contribution in [0.4, 0.5) is 0 Å². The molecule has 2 rings (SSSR count). The molecule has 0 atom stereocenters. The van der Waals surface area contributed by atoms with E-state index in [0.29, 0.717) is 19.8 Å². The summed E-state index contributed by atoms with van der Waals surface area (Å²) in [5.74, 6) is 0.868. The molecule has 0 radical (unpaired) electrons. The van der Waals surface area contributed by atoms with Crippen molar-refractivity contribution in [1.29, 1.82) is 0 Å². The Labute approximate surface area is 134 Å². The first-order valence-corrected chi connectivity index (χ1v) is 8.01. The van der Waals surface area contributed by atoms with E-state index in [0.717, 1.165) is 17.9 Å². The first-order chi connectivity index (χ1) is 10.9. The van der Waals surface area contributed by atoms with Crippen LogP contribution in [0.15, 0.2) is 47.2 Å². The maximum absolute atomic E-state index is 5.48. The van der Waals surface area contributed by atoms with Crippen LogP contribution in [0.5, 0.6) is 5.75 Å². The zero-order valence-corrected chi connectivity index (χ0v) is 14.2. The van der Waals surface area contributed by atoms with E-state index in [4.69, 9.17) is 14.0 Å². The van der Waals surface area contributed by atoms with E-state index in [1.54, 1.807) is 6.26 Å². The summed E-state index contributed by atoms with van der Waals surface area (Å²) in [5.41, 5.74) is 0.911. The van der Waals surface area contributed by atoms with Crippen molar-refractivity contribution >= 4 is 0 Å². The van der Waals surface area contributed by atoms with Gasteiger partial charge in [0.05, 0.1) is 18.9 Å². The Morgan fingerprint density at radius 3 is 2.23 bits per heavy atom. The molecule has 22 heavy (non-hydrogen) atoms. The van der Waals surface area contributed by atoms with Gasteiger partial charge in [-0.1, -0.05) is 57.5 Å². The van der Waals surface area contributed by atoms with Crippen LogP contribution in [0.1, 0.15) is 39.8 Å². The first-order valence-electron chi connectivity index (χ1n) is 8.01. The molecule has 0 bridgehead atoms. The molecule has 1 heterocycles. The Morgan fingerprint density at radius 1 is 0.955 bits per heavy atom. The highest BCUT2D eigenvalue weighted by molar-refractivity contribution is 5.20. The lowest BCUT2D eigenvalue weighted by molar-refractivity contribution is 0.102. The minimum absolute atomic E-state index is 0.558. The normalized spacial score (nSPS) is 9.09. The summed E-state index contributed by atoms with van der Waals surface area (Å²) in [7, 11) is 0. The number of aromatic nitrogens is 1. The second-order valence-electron chi connectivity index (χ2n) is 4.22. The average molecular weight is 307 g/mol. The third-order valence-corrected chi connectivity index (χ3v) is 2.23. The number of nitrogens with zero attached hydrogens (tertiary/aromatic N) is 1. The van der Waals surface area contributed by atoms with Gasteiger partial charge in [0, 0.05) is 12.5 Å². The fraction of sp³-hybridized carbons (Fsp3) is 0.500. The summed E-state index contributed by atoms with van der Waals surface area (Å²) >= 11 is 0. The predicted molar refractivity (Wildman–Crippen MR) is 90.3 cm³/mol. The zero-order valence-electron chi connectivity index (χ0n) is 14.2. The van der Waals surface area contributed by atoms with E-state index in [1.807, 2.05) is 50.2 Å². The molecule has 4 heteroatoms. The van der Waals surface area contributed by atoms with E-state index in [1.165, 1.54) is 6.42 Å². The van der Waals surface area contributed by atoms with Gasteiger partial charge in [0.25, 0.3) is 0 Å². The summed E-state index contributed by atoms with van der Waals surface area (Å²) in [5, 5.41) is 3.80. The summed E-state index contributed by atoms with van der Waals surface area (Å²) in [6.07, 6.45) is 3.58. The quantitative estimate of drug-likeness (QED) is 0.692. The van der Waals surface area contributed by atoms with Gasteiger partial charge >= 0.3 is 0 Å². The number of rotatable bonds is 7. The average Bonchev–Trinajstić information content (AvgIpc) is 3.08. The molecule has 124 valence electrons. The molecular formula is C18H29NO3. The molecule has 0 saturated heterocycles. The standard InChI is InChI=1S/C13H15NO3.C3H8.C2H6/c1-2-4-13(5-3-1)16-11-10-15-8-6-12-7-9-17-14-12;1-3-2;1-2/h1-5,7,9H,6,8,10-11H2;3H2,1-2H3;1-2H3. The molecule has 0 N–H and O–H groups in total. The van der Waals surface area contributed by atoms with E-state index in [2.05, 4.69) is 19.0 Å². The van der Waals surface area contributed by atoms with Crippen LogP contribution in [0.3, 0.4) is 0 Å². The molecule has 0 amide bonds. The Bertz CT molecular complexity index is 415. The molecule has 1 aromatic heterocycles. The van der Waals surface area contributed by atoms with Crippen LogP contribution in [0.25, 0.3) is 0 Å². The number of benzene rings is 1. The van der Waals surface area contributed by atoms with Crippen LogP contribution in [0.2, 0.25) is 0 Å². The highest BCUT2D eigenvalue weighted by Gasteiger charge is 1.96. The summed E-state index contributed by atoms with van der Waals surface area (Å²) < 4.78 is 15.6. The summed E-state index contributed by atoms with van der Waals surface area (Å²) in [6.45, 7) is 10.0. The molecular weight excluding hydrogens is 278 g/mol. The van der Waals surface area contributed by atoms with Crippen molar-refractivity contribution < 1.29 is 14.0 Å². The van der Waals surface area contributed by atoms with Crippen LogP contribution >= 0.6 is 0 Å². The first kappa shape index (κ1) is 20.2. The zero-order chi connectivity index (χ0) is 16.5. The van der Waals surface area contributed by atoms with Crippen LogP contribution in [-0.4, -0.2) is 25.0 Å². The van der Waals surface area contributed by atoms with Crippen molar-refractivity contribution in [3.63, 3.8) is 0 Å². The lowest BCUT2D eigenvalue weighted by Crippen LogP contribution is -2.08.